The van der Waals surface area contributed by atoms with Crippen LogP contribution in [-0.2, 0) is 22.4 Å². The number of ether oxygens (including phenoxy) is 1. The van der Waals surface area contributed by atoms with Gasteiger partial charge in [0.2, 0.25) is 5.91 Å². The third-order valence-electron chi connectivity index (χ3n) is 4.37. The predicted octanol–water partition coefficient (Wildman–Crippen LogP) is 2.80. The Morgan fingerprint density at radius 2 is 1.95 bits per heavy atom. The van der Waals surface area contributed by atoms with Gasteiger partial charge in [0.05, 0.1) is 11.7 Å². The number of amides is 1. The molecule has 0 bridgehead atoms. The van der Waals surface area contributed by atoms with E-state index in [0.29, 0.717) is 13.1 Å². The molecule has 1 aliphatic heterocycles. The molecule has 4 heteroatoms. The van der Waals surface area contributed by atoms with Crippen LogP contribution in [0.3, 0.4) is 0 Å². The summed E-state index contributed by atoms with van der Waals surface area (Å²) in [5.41, 5.74) is 2.40. The second-order valence-electron chi connectivity index (χ2n) is 6.75. The molecule has 1 atom stereocenters. The van der Waals surface area contributed by atoms with Gasteiger partial charge in [-0.05, 0) is 37.8 Å². The minimum Gasteiger partial charge on any atom is -0.368 e. The highest BCUT2D eigenvalue weighted by molar-refractivity contribution is 9.09. The highest BCUT2D eigenvalue weighted by atomic mass is 79.9. The summed E-state index contributed by atoms with van der Waals surface area (Å²) >= 11 is 3.48. The summed E-state index contributed by atoms with van der Waals surface area (Å²) in [6.07, 6.45) is 1.85. The first-order valence-electron chi connectivity index (χ1n) is 7.58. The second-order valence-corrected chi connectivity index (χ2v) is 7.39. The fourth-order valence-electron chi connectivity index (χ4n) is 3.54. The van der Waals surface area contributed by atoms with E-state index in [0.717, 1.165) is 18.2 Å². The largest absolute Gasteiger partial charge is 0.368 e. The van der Waals surface area contributed by atoms with Gasteiger partial charge < -0.3 is 9.64 Å². The van der Waals surface area contributed by atoms with Crippen LogP contribution in [0, 0.1) is 5.92 Å². The lowest BCUT2D eigenvalue weighted by atomic mass is 10.0. The number of hydrogen-bond donors (Lipinski definition) is 0. The van der Waals surface area contributed by atoms with Crippen molar-refractivity contribution in [3.63, 3.8) is 0 Å². The lowest BCUT2D eigenvalue weighted by Gasteiger charge is -2.43. The molecule has 3 rings (SSSR count). The maximum atomic E-state index is 12.9. The van der Waals surface area contributed by atoms with Crippen LogP contribution in [0.25, 0.3) is 0 Å². The smallest absolute Gasteiger partial charge is 0.226 e. The number of morpholine rings is 1. The molecule has 1 unspecified atom stereocenters. The molecule has 0 aromatic heterocycles. The zero-order valence-corrected chi connectivity index (χ0v) is 14.2. The van der Waals surface area contributed by atoms with Gasteiger partial charge in [-0.3, -0.25) is 4.79 Å². The molecule has 1 aromatic rings. The Bertz CT molecular complexity index is 518. The van der Waals surface area contributed by atoms with Gasteiger partial charge in [-0.2, -0.15) is 0 Å². The summed E-state index contributed by atoms with van der Waals surface area (Å²) < 4.78 is 5.99. The van der Waals surface area contributed by atoms with Crippen molar-refractivity contribution in [1.29, 1.82) is 0 Å². The number of nitrogens with zero attached hydrogens (tertiary/aromatic N) is 1. The van der Waals surface area contributed by atoms with E-state index in [1.165, 1.54) is 11.1 Å². The number of alkyl halides is 1. The molecule has 1 heterocycles. The fourth-order valence-corrected chi connectivity index (χ4v) is 3.87. The van der Waals surface area contributed by atoms with Crippen molar-refractivity contribution in [3.8, 4) is 0 Å². The van der Waals surface area contributed by atoms with Crippen LogP contribution in [0.1, 0.15) is 25.0 Å². The summed E-state index contributed by atoms with van der Waals surface area (Å²) in [5.74, 6) is 0.390. The molecule has 1 fully saturated rings. The van der Waals surface area contributed by atoms with Gasteiger partial charge in [-0.1, -0.05) is 40.2 Å². The highest BCUT2D eigenvalue weighted by Gasteiger charge is 2.38. The number of halogens is 1. The molecular formula is C17H22BrNO2. The van der Waals surface area contributed by atoms with E-state index in [2.05, 4.69) is 54.0 Å². The van der Waals surface area contributed by atoms with E-state index < -0.39 is 0 Å². The van der Waals surface area contributed by atoms with Crippen LogP contribution in [-0.4, -0.2) is 40.9 Å². The maximum Gasteiger partial charge on any atom is 0.226 e. The first kappa shape index (κ1) is 15.0. The summed E-state index contributed by atoms with van der Waals surface area (Å²) in [7, 11) is 0. The number of benzene rings is 1. The highest BCUT2D eigenvalue weighted by Crippen LogP contribution is 2.30. The van der Waals surface area contributed by atoms with Gasteiger partial charge in [0, 0.05) is 24.3 Å². The Labute approximate surface area is 134 Å². The van der Waals surface area contributed by atoms with Crippen molar-refractivity contribution >= 4 is 21.8 Å². The lowest BCUT2D eigenvalue weighted by molar-refractivity contribution is -0.160. The fraction of sp³-hybridized carbons (Fsp3) is 0.588. The quantitative estimate of drug-likeness (QED) is 0.766. The Hall–Kier alpha value is -0.870. The van der Waals surface area contributed by atoms with Crippen molar-refractivity contribution in [2.24, 2.45) is 5.92 Å². The van der Waals surface area contributed by atoms with Crippen LogP contribution >= 0.6 is 15.9 Å². The predicted molar refractivity (Wildman–Crippen MR) is 86.7 cm³/mol. The monoisotopic (exact) mass is 351 g/mol. The third kappa shape index (κ3) is 3.16. The first-order chi connectivity index (χ1) is 9.98. The van der Waals surface area contributed by atoms with Crippen LogP contribution in [0.4, 0.5) is 0 Å². The van der Waals surface area contributed by atoms with Gasteiger partial charge in [-0.15, -0.1) is 0 Å². The number of fused-ring (bicyclic) bond motifs is 1. The van der Waals surface area contributed by atoms with Gasteiger partial charge in [-0.25, -0.2) is 0 Å². The molecule has 0 radical (unpaired) electrons. The van der Waals surface area contributed by atoms with Crippen molar-refractivity contribution < 1.29 is 9.53 Å². The number of carbonyl (C=O) groups is 1. The van der Waals surface area contributed by atoms with Crippen molar-refractivity contribution in [2.75, 3.05) is 18.4 Å². The average molecular weight is 352 g/mol. The van der Waals surface area contributed by atoms with Crippen LogP contribution in [0.5, 0.6) is 0 Å². The Morgan fingerprint density at radius 1 is 1.33 bits per heavy atom. The van der Waals surface area contributed by atoms with Gasteiger partial charge in [0.25, 0.3) is 0 Å². The van der Waals surface area contributed by atoms with E-state index >= 15 is 0 Å². The Balaban J connectivity index is 1.71. The molecule has 3 nitrogen and oxygen atoms in total. The van der Waals surface area contributed by atoms with Crippen LogP contribution in [0.2, 0.25) is 0 Å². The first-order valence-corrected chi connectivity index (χ1v) is 8.70. The molecule has 2 aliphatic rings. The molecule has 0 saturated carbocycles. The Morgan fingerprint density at radius 3 is 2.52 bits per heavy atom. The lowest BCUT2D eigenvalue weighted by Crippen LogP contribution is -2.56. The maximum absolute atomic E-state index is 12.9. The zero-order chi connectivity index (χ0) is 15.0. The molecule has 21 heavy (non-hydrogen) atoms. The summed E-state index contributed by atoms with van der Waals surface area (Å²) in [5, 5.41) is 0.769. The van der Waals surface area contributed by atoms with Gasteiger partial charge in [0.1, 0.15) is 0 Å². The summed E-state index contributed by atoms with van der Waals surface area (Å²) in [6.45, 7) is 5.50. The average Bonchev–Trinajstić information content (AvgIpc) is 2.88. The minimum absolute atomic E-state index is 0.0847. The molecular weight excluding hydrogens is 330 g/mol. The molecule has 1 saturated heterocycles. The van der Waals surface area contributed by atoms with E-state index in [-0.39, 0.29) is 23.5 Å². The Kier molecular flexibility index (Phi) is 4.10. The molecule has 0 spiro atoms. The van der Waals surface area contributed by atoms with Gasteiger partial charge in [0.15, 0.2) is 0 Å². The topological polar surface area (TPSA) is 29.5 Å². The molecule has 1 aliphatic carbocycles. The number of rotatable bonds is 2. The summed E-state index contributed by atoms with van der Waals surface area (Å²) in [6, 6.07) is 8.41. The van der Waals surface area contributed by atoms with Crippen molar-refractivity contribution in [2.45, 2.75) is 38.4 Å². The number of carbonyl (C=O) groups excluding carboxylic acids is 1. The normalized spacial score (nSPS) is 24.9. The van der Waals surface area contributed by atoms with Crippen LogP contribution < -0.4 is 0 Å². The van der Waals surface area contributed by atoms with Gasteiger partial charge >= 0.3 is 0 Å². The van der Waals surface area contributed by atoms with Crippen molar-refractivity contribution in [3.05, 3.63) is 35.4 Å². The third-order valence-corrected chi connectivity index (χ3v) is 5.09. The SMILES string of the molecule is CC1(C)CN(C(=O)C2Cc3ccccc3C2)CC(CBr)O1. The minimum atomic E-state index is -0.266. The molecule has 1 amide bonds. The van der Waals surface area contributed by atoms with Crippen LogP contribution in [0.15, 0.2) is 24.3 Å². The van der Waals surface area contributed by atoms with E-state index in [1.54, 1.807) is 0 Å². The standard InChI is InChI=1S/C17H22BrNO2/c1-17(2)11-19(10-15(9-18)21-17)16(20)14-7-12-5-3-4-6-13(12)8-14/h3-6,14-15H,7-11H2,1-2H3. The zero-order valence-electron chi connectivity index (χ0n) is 12.6. The van der Waals surface area contributed by atoms with E-state index in [4.69, 9.17) is 4.74 Å². The van der Waals surface area contributed by atoms with E-state index in [9.17, 15) is 4.79 Å². The van der Waals surface area contributed by atoms with E-state index in [1.807, 2.05) is 4.90 Å². The number of hydrogen-bond acceptors (Lipinski definition) is 2. The molecule has 114 valence electrons. The summed E-state index contributed by atoms with van der Waals surface area (Å²) in [4.78, 5) is 14.9. The van der Waals surface area contributed by atoms with Crippen molar-refractivity contribution in [1.82, 2.24) is 4.90 Å². The molecule has 1 aromatic carbocycles. The molecule has 0 N–H and O–H groups in total. The second kappa shape index (κ2) is 5.73.